The van der Waals surface area contributed by atoms with Gasteiger partial charge in [-0.05, 0) is 30.5 Å². The first-order valence-electron chi connectivity index (χ1n) is 6.52. The Kier molecular flexibility index (Phi) is 4.60. The van der Waals surface area contributed by atoms with E-state index in [2.05, 4.69) is 15.2 Å². The summed E-state index contributed by atoms with van der Waals surface area (Å²) < 4.78 is 18.5. The van der Waals surface area contributed by atoms with Crippen molar-refractivity contribution in [3.8, 4) is 5.75 Å². The molecular weight excluding hydrogens is 245 g/mol. The predicted octanol–water partition coefficient (Wildman–Crippen LogP) is 2.01. The Morgan fingerprint density at radius 1 is 1.42 bits per heavy atom. The number of aliphatic imine (C=N–C) groups is 1. The van der Waals surface area contributed by atoms with Crippen molar-refractivity contribution < 1.29 is 9.13 Å². The Morgan fingerprint density at radius 3 is 2.74 bits per heavy atom. The maximum absolute atomic E-state index is 13.6. The molecule has 1 aromatic rings. The minimum atomic E-state index is -0.335. The molecule has 0 spiro atoms. The number of guanidine groups is 1. The van der Waals surface area contributed by atoms with Crippen LogP contribution in [0.15, 0.2) is 23.2 Å². The Bertz CT molecular complexity index is 456. The molecule has 1 aromatic carbocycles. The molecule has 0 unspecified atom stereocenters. The van der Waals surface area contributed by atoms with Gasteiger partial charge in [-0.25, -0.2) is 4.39 Å². The summed E-state index contributed by atoms with van der Waals surface area (Å²) in [7, 11) is 3.24. The van der Waals surface area contributed by atoms with Gasteiger partial charge in [0.15, 0.2) is 17.5 Å². The first-order valence-corrected chi connectivity index (χ1v) is 6.52. The van der Waals surface area contributed by atoms with Gasteiger partial charge in [0, 0.05) is 26.7 Å². The summed E-state index contributed by atoms with van der Waals surface area (Å²) in [6, 6.07) is 4.99. The average molecular weight is 265 g/mol. The third kappa shape index (κ3) is 3.36. The Hall–Kier alpha value is -1.78. The van der Waals surface area contributed by atoms with Crippen LogP contribution in [0.25, 0.3) is 0 Å². The van der Waals surface area contributed by atoms with Gasteiger partial charge < -0.3 is 15.0 Å². The van der Waals surface area contributed by atoms with Crippen LogP contribution in [-0.2, 0) is 6.54 Å². The van der Waals surface area contributed by atoms with Crippen LogP contribution in [0.5, 0.6) is 5.75 Å². The molecule has 5 heteroatoms. The lowest BCUT2D eigenvalue weighted by Crippen LogP contribution is -2.39. The van der Waals surface area contributed by atoms with Crippen molar-refractivity contribution >= 4 is 5.96 Å². The molecule has 0 aromatic heterocycles. The predicted molar refractivity (Wildman–Crippen MR) is 74.0 cm³/mol. The molecule has 0 aliphatic carbocycles. The second-order valence-electron chi connectivity index (χ2n) is 4.56. The van der Waals surface area contributed by atoms with Crippen LogP contribution in [0.1, 0.15) is 18.4 Å². The van der Waals surface area contributed by atoms with Crippen molar-refractivity contribution in [3.63, 3.8) is 0 Å². The molecule has 1 N–H and O–H groups in total. The highest BCUT2D eigenvalue weighted by Gasteiger charge is 2.15. The number of rotatable bonds is 3. The molecule has 0 atom stereocenters. The largest absolute Gasteiger partial charge is 0.494 e. The van der Waals surface area contributed by atoms with Crippen LogP contribution in [0.2, 0.25) is 0 Å². The number of halogens is 1. The van der Waals surface area contributed by atoms with E-state index in [9.17, 15) is 4.39 Å². The Balaban J connectivity index is 1.95. The zero-order chi connectivity index (χ0) is 13.7. The van der Waals surface area contributed by atoms with Gasteiger partial charge in [0.05, 0.1) is 7.11 Å². The zero-order valence-electron chi connectivity index (χ0n) is 11.4. The number of nitrogens with zero attached hydrogens (tertiary/aromatic N) is 2. The summed E-state index contributed by atoms with van der Waals surface area (Å²) in [5.74, 6) is 0.819. The maximum atomic E-state index is 13.6. The molecule has 104 valence electrons. The average Bonchev–Trinajstić information content (AvgIpc) is 2.94. The Morgan fingerprint density at radius 2 is 2.16 bits per heavy atom. The molecule has 1 aliphatic rings. The van der Waals surface area contributed by atoms with Crippen LogP contribution in [-0.4, -0.2) is 38.1 Å². The quantitative estimate of drug-likeness (QED) is 0.671. The van der Waals surface area contributed by atoms with Gasteiger partial charge in [-0.3, -0.25) is 4.99 Å². The van der Waals surface area contributed by atoms with Crippen molar-refractivity contribution in [1.82, 2.24) is 10.2 Å². The number of hydrogen-bond acceptors (Lipinski definition) is 2. The number of methoxy groups -OCH3 is 1. The molecule has 1 fully saturated rings. The maximum Gasteiger partial charge on any atom is 0.193 e. The zero-order valence-corrected chi connectivity index (χ0v) is 11.4. The lowest BCUT2D eigenvalue weighted by Gasteiger charge is -2.20. The number of nitrogens with one attached hydrogen (secondary N) is 1. The van der Waals surface area contributed by atoms with Crippen LogP contribution in [0, 0.1) is 5.82 Å². The number of hydrogen-bond donors (Lipinski definition) is 1. The van der Waals surface area contributed by atoms with E-state index in [1.54, 1.807) is 13.1 Å². The number of benzene rings is 1. The summed E-state index contributed by atoms with van der Waals surface area (Å²) in [5, 5.41) is 3.26. The van der Waals surface area contributed by atoms with E-state index in [0.29, 0.717) is 6.54 Å². The van der Waals surface area contributed by atoms with E-state index in [1.165, 1.54) is 26.0 Å². The Labute approximate surface area is 113 Å². The van der Waals surface area contributed by atoms with Crippen LogP contribution >= 0.6 is 0 Å². The SMILES string of the molecule is CN=C(NCc1ccc(OC)c(F)c1)N1CCCC1. The normalized spacial score (nSPS) is 15.7. The van der Waals surface area contributed by atoms with E-state index >= 15 is 0 Å². The van der Waals surface area contributed by atoms with E-state index in [0.717, 1.165) is 24.6 Å². The molecule has 4 nitrogen and oxygen atoms in total. The molecule has 0 amide bonds. The molecule has 1 saturated heterocycles. The minimum Gasteiger partial charge on any atom is -0.494 e. The molecule has 0 radical (unpaired) electrons. The smallest absolute Gasteiger partial charge is 0.193 e. The van der Waals surface area contributed by atoms with Crippen LogP contribution in [0.3, 0.4) is 0 Å². The highest BCUT2D eigenvalue weighted by molar-refractivity contribution is 5.80. The van der Waals surface area contributed by atoms with Gasteiger partial charge >= 0.3 is 0 Å². The summed E-state index contributed by atoms with van der Waals surface area (Å²) >= 11 is 0. The van der Waals surface area contributed by atoms with Gasteiger partial charge in [-0.2, -0.15) is 0 Å². The monoisotopic (exact) mass is 265 g/mol. The summed E-state index contributed by atoms with van der Waals surface area (Å²) in [5.41, 5.74) is 0.874. The van der Waals surface area contributed by atoms with Crippen molar-refractivity contribution in [2.45, 2.75) is 19.4 Å². The van der Waals surface area contributed by atoms with Crippen molar-refractivity contribution in [3.05, 3.63) is 29.6 Å². The molecule has 2 rings (SSSR count). The summed E-state index contributed by atoms with van der Waals surface area (Å²) in [4.78, 5) is 6.48. The fraction of sp³-hybridized carbons (Fsp3) is 0.500. The summed E-state index contributed by atoms with van der Waals surface area (Å²) in [6.45, 7) is 2.64. The molecule has 1 heterocycles. The van der Waals surface area contributed by atoms with E-state index in [1.807, 2.05) is 6.07 Å². The van der Waals surface area contributed by atoms with E-state index < -0.39 is 0 Å². The third-order valence-electron chi connectivity index (χ3n) is 3.28. The first-order chi connectivity index (χ1) is 9.24. The first kappa shape index (κ1) is 13.6. The molecular formula is C14H20FN3O. The van der Waals surface area contributed by atoms with Gasteiger partial charge in [-0.1, -0.05) is 6.07 Å². The third-order valence-corrected chi connectivity index (χ3v) is 3.28. The van der Waals surface area contributed by atoms with Gasteiger partial charge in [0.1, 0.15) is 0 Å². The van der Waals surface area contributed by atoms with Crippen molar-refractivity contribution in [2.24, 2.45) is 4.99 Å². The number of likely N-dealkylation sites (tertiary alicyclic amines) is 1. The molecule has 0 saturated carbocycles. The van der Waals surface area contributed by atoms with E-state index in [4.69, 9.17) is 4.74 Å². The van der Waals surface area contributed by atoms with Gasteiger partial charge in [0.2, 0.25) is 0 Å². The second-order valence-corrected chi connectivity index (χ2v) is 4.56. The summed E-state index contributed by atoms with van der Waals surface area (Å²) in [6.07, 6.45) is 2.41. The van der Waals surface area contributed by atoms with Crippen molar-refractivity contribution in [1.29, 1.82) is 0 Å². The molecule has 1 aliphatic heterocycles. The topological polar surface area (TPSA) is 36.9 Å². The second kappa shape index (κ2) is 6.41. The molecule has 19 heavy (non-hydrogen) atoms. The minimum absolute atomic E-state index is 0.271. The number of ether oxygens (including phenoxy) is 1. The van der Waals surface area contributed by atoms with Gasteiger partial charge in [-0.15, -0.1) is 0 Å². The van der Waals surface area contributed by atoms with Crippen molar-refractivity contribution in [2.75, 3.05) is 27.2 Å². The fourth-order valence-corrected chi connectivity index (χ4v) is 2.26. The highest BCUT2D eigenvalue weighted by Crippen LogP contribution is 2.17. The lowest BCUT2D eigenvalue weighted by molar-refractivity contribution is 0.386. The van der Waals surface area contributed by atoms with Crippen LogP contribution < -0.4 is 10.1 Å². The standard InChI is InChI=1S/C14H20FN3O/c1-16-14(18-7-3-4-8-18)17-10-11-5-6-13(19-2)12(15)9-11/h5-6,9H,3-4,7-8,10H2,1-2H3,(H,16,17). The lowest BCUT2D eigenvalue weighted by atomic mass is 10.2. The van der Waals surface area contributed by atoms with Crippen LogP contribution in [0.4, 0.5) is 4.39 Å². The van der Waals surface area contributed by atoms with Gasteiger partial charge in [0.25, 0.3) is 0 Å². The van der Waals surface area contributed by atoms with E-state index in [-0.39, 0.29) is 11.6 Å². The highest BCUT2D eigenvalue weighted by atomic mass is 19.1. The fourth-order valence-electron chi connectivity index (χ4n) is 2.26. The molecule has 0 bridgehead atoms.